The Kier molecular flexibility index (Phi) is 3.78. The Morgan fingerprint density at radius 1 is 1.16 bits per heavy atom. The van der Waals surface area contributed by atoms with Gasteiger partial charge in [0.05, 0.1) is 15.7 Å². The molecule has 0 aliphatic carbocycles. The summed E-state index contributed by atoms with van der Waals surface area (Å²) in [5.41, 5.74) is 2.01. The molecule has 2 heterocycles. The van der Waals surface area contributed by atoms with E-state index in [1.807, 2.05) is 22.9 Å². The van der Waals surface area contributed by atoms with Gasteiger partial charge in [-0.25, -0.2) is 4.68 Å². The quantitative estimate of drug-likeness (QED) is 0.812. The first-order chi connectivity index (χ1) is 9.25. The largest absolute Gasteiger partial charge is 0.356 e. The summed E-state index contributed by atoms with van der Waals surface area (Å²) < 4.78 is 7.71. The molecular formula is C14H14Cl2N2O. The lowest BCUT2D eigenvalue weighted by atomic mass is 10.1. The summed E-state index contributed by atoms with van der Waals surface area (Å²) in [4.78, 5) is 0. The monoisotopic (exact) mass is 296 g/mol. The zero-order chi connectivity index (χ0) is 13.2. The first-order valence-corrected chi connectivity index (χ1v) is 7.12. The lowest BCUT2D eigenvalue weighted by Crippen LogP contribution is -2.19. The van der Waals surface area contributed by atoms with Crippen molar-refractivity contribution in [2.24, 2.45) is 0 Å². The number of nitrogens with zero attached hydrogens (tertiary/aromatic N) is 2. The third kappa shape index (κ3) is 2.64. The van der Waals surface area contributed by atoms with Crippen LogP contribution in [0, 0.1) is 0 Å². The van der Waals surface area contributed by atoms with E-state index in [9.17, 15) is 0 Å². The molecule has 0 spiro atoms. The van der Waals surface area contributed by atoms with Crippen molar-refractivity contribution in [3.63, 3.8) is 0 Å². The lowest BCUT2D eigenvalue weighted by Gasteiger charge is -2.24. The van der Waals surface area contributed by atoms with Gasteiger partial charge in [0, 0.05) is 18.4 Å². The fourth-order valence-electron chi connectivity index (χ4n) is 2.34. The summed E-state index contributed by atoms with van der Waals surface area (Å²) in [5, 5.41) is 5.50. The zero-order valence-corrected chi connectivity index (χ0v) is 11.9. The van der Waals surface area contributed by atoms with Crippen molar-refractivity contribution in [1.29, 1.82) is 0 Å². The van der Waals surface area contributed by atoms with E-state index in [0.717, 1.165) is 30.7 Å². The van der Waals surface area contributed by atoms with E-state index in [1.54, 1.807) is 12.3 Å². The van der Waals surface area contributed by atoms with Crippen LogP contribution in [0.3, 0.4) is 0 Å². The molecule has 1 aliphatic rings. The van der Waals surface area contributed by atoms with Crippen LogP contribution in [0.4, 0.5) is 0 Å². The number of halogens is 2. The van der Waals surface area contributed by atoms with Crippen molar-refractivity contribution in [3.8, 4) is 11.3 Å². The number of rotatable bonds is 2. The van der Waals surface area contributed by atoms with E-state index in [-0.39, 0.29) is 6.23 Å². The minimum Gasteiger partial charge on any atom is -0.356 e. The minimum absolute atomic E-state index is 0.0215. The van der Waals surface area contributed by atoms with Crippen molar-refractivity contribution in [1.82, 2.24) is 9.78 Å². The molecule has 19 heavy (non-hydrogen) atoms. The highest BCUT2D eigenvalue weighted by molar-refractivity contribution is 6.42. The van der Waals surface area contributed by atoms with Gasteiger partial charge in [0.15, 0.2) is 6.23 Å². The Labute approximate surface area is 122 Å². The summed E-state index contributed by atoms with van der Waals surface area (Å²) >= 11 is 12.0. The Morgan fingerprint density at radius 3 is 2.79 bits per heavy atom. The van der Waals surface area contributed by atoms with Crippen LogP contribution in [0.1, 0.15) is 25.5 Å². The first kappa shape index (κ1) is 13.0. The molecule has 3 nitrogen and oxygen atoms in total. The van der Waals surface area contributed by atoms with Crippen molar-refractivity contribution in [2.75, 3.05) is 6.61 Å². The molecule has 0 radical (unpaired) electrons. The molecule has 0 amide bonds. The molecule has 5 heteroatoms. The molecule has 0 bridgehead atoms. The average Bonchev–Trinajstić information content (AvgIpc) is 2.92. The number of hydrogen-bond acceptors (Lipinski definition) is 2. The molecule has 1 unspecified atom stereocenters. The fourth-order valence-corrected chi connectivity index (χ4v) is 2.64. The number of benzene rings is 1. The van der Waals surface area contributed by atoms with Crippen molar-refractivity contribution < 1.29 is 4.74 Å². The number of ether oxygens (including phenoxy) is 1. The van der Waals surface area contributed by atoms with Crippen LogP contribution < -0.4 is 0 Å². The van der Waals surface area contributed by atoms with Crippen LogP contribution in [-0.2, 0) is 4.74 Å². The summed E-state index contributed by atoms with van der Waals surface area (Å²) in [6, 6.07) is 7.58. The van der Waals surface area contributed by atoms with Crippen LogP contribution in [0.2, 0.25) is 10.0 Å². The van der Waals surface area contributed by atoms with E-state index in [0.29, 0.717) is 10.0 Å². The van der Waals surface area contributed by atoms with Gasteiger partial charge in [0.1, 0.15) is 0 Å². The highest BCUT2D eigenvalue weighted by atomic mass is 35.5. The van der Waals surface area contributed by atoms with Crippen LogP contribution >= 0.6 is 23.2 Å². The van der Waals surface area contributed by atoms with Crippen molar-refractivity contribution >= 4 is 23.2 Å². The fraction of sp³-hybridized carbons (Fsp3) is 0.357. The normalized spacial score (nSPS) is 19.6. The maximum atomic E-state index is 6.08. The van der Waals surface area contributed by atoms with Gasteiger partial charge in [0.2, 0.25) is 0 Å². The average molecular weight is 297 g/mol. The second-order valence-corrected chi connectivity index (χ2v) is 5.43. The van der Waals surface area contributed by atoms with Gasteiger partial charge in [-0.2, -0.15) is 5.10 Å². The number of aromatic nitrogens is 2. The summed E-state index contributed by atoms with van der Waals surface area (Å²) in [7, 11) is 0. The zero-order valence-electron chi connectivity index (χ0n) is 10.4. The van der Waals surface area contributed by atoms with Crippen LogP contribution in [0.15, 0.2) is 30.5 Å². The van der Waals surface area contributed by atoms with E-state index >= 15 is 0 Å². The molecule has 1 aromatic carbocycles. The standard InChI is InChI=1S/C14H14Cl2N2O/c15-11-5-4-10(9-12(11)16)13-6-7-17-18(13)14-3-1-2-8-19-14/h4-7,9,14H,1-3,8H2. The molecule has 1 aliphatic heterocycles. The molecule has 1 saturated heterocycles. The van der Waals surface area contributed by atoms with E-state index in [1.165, 1.54) is 6.42 Å². The highest BCUT2D eigenvalue weighted by Crippen LogP contribution is 2.31. The van der Waals surface area contributed by atoms with Crippen molar-refractivity contribution in [3.05, 3.63) is 40.5 Å². The molecule has 0 N–H and O–H groups in total. The molecular weight excluding hydrogens is 283 g/mol. The number of hydrogen-bond donors (Lipinski definition) is 0. The predicted octanol–water partition coefficient (Wildman–Crippen LogP) is 4.56. The maximum absolute atomic E-state index is 6.08. The molecule has 0 saturated carbocycles. The topological polar surface area (TPSA) is 27.1 Å². The Balaban J connectivity index is 1.96. The molecule has 1 atom stereocenters. The van der Waals surface area contributed by atoms with Gasteiger partial charge in [-0.15, -0.1) is 0 Å². The lowest BCUT2D eigenvalue weighted by molar-refractivity contribution is -0.0383. The summed E-state index contributed by atoms with van der Waals surface area (Å²) in [6.45, 7) is 0.797. The Morgan fingerprint density at radius 2 is 2.05 bits per heavy atom. The van der Waals surface area contributed by atoms with E-state index < -0.39 is 0 Å². The minimum atomic E-state index is 0.0215. The van der Waals surface area contributed by atoms with Crippen LogP contribution in [-0.4, -0.2) is 16.4 Å². The SMILES string of the molecule is Clc1ccc(-c2ccnn2C2CCCCO2)cc1Cl. The second-order valence-electron chi connectivity index (χ2n) is 4.61. The third-order valence-corrected chi connectivity index (χ3v) is 4.05. The van der Waals surface area contributed by atoms with Gasteiger partial charge < -0.3 is 4.74 Å². The van der Waals surface area contributed by atoms with Gasteiger partial charge in [0.25, 0.3) is 0 Å². The highest BCUT2D eigenvalue weighted by Gasteiger charge is 2.19. The summed E-state index contributed by atoms with van der Waals surface area (Å²) in [6.07, 6.45) is 5.10. The summed E-state index contributed by atoms with van der Waals surface area (Å²) in [5.74, 6) is 0. The van der Waals surface area contributed by atoms with Gasteiger partial charge in [-0.1, -0.05) is 29.3 Å². The molecule has 100 valence electrons. The van der Waals surface area contributed by atoms with Crippen LogP contribution in [0.5, 0.6) is 0 Å². The first-order valence-electron chi connectivity index (χ1n) is 6.36. The third-order valence-electron chi connectivity index (χ3n) is 3.31. The predicted molar refractivity (Wildman–Crippen MR) is 76.5 cm³/mol. The van der Waals surface area contributed by atoms with Gasteiger partial charge >= 0.3 is 0 Å². The van der Waals surface area contributed by atoms with Gasteiger partial charge in [-0.05, 0) is 37.5 Å². The molecule has 2 aromatic rings. The maximum Gasteiger partial charge on any atom is 0.150 e. The Hall–Kier alpha value is -1.03. The smallest absolute Gasteiger partial charge is 0.150 e. The molecule has 1 aromatic heterocycles. The molecule has 3 rings (SSSR count). The van der Waals surface area contributed by atoms with E-state index in [2.05, 4.69) is 5.10 Å². The second kappa shape index (κ2) is 5.53. The van der Waals surface area contributed by atoms with Crippen molar-refractivity contribution in [2.45, 2.75) is 25.5 Å². The van der Waals surface area contributed by atoms with E-state index in [4.69, 9.17) is 27.9 Å². The Bertz CT molecular complexity index is 577. The molecule has 1 fully saturated rings. The van der Waals surface area contributed by atoms with Gasteiger partial charge in [-0.3, -0.25) is 0 Å². The van der Waals surface area contributed by atoms with Crippen LogP contribution in [0.25, 0.3) is 11.3 Å².